The lowest BCUT2D eigenvalue weighted by molar-refractivity contribution is 0.0603. The Kier molecular flexibility index (Phi) is 5.62. The van der Waals surface area contributed by atoms with Crippen molar-refractivity contribution in [2.45, 2.75) is 57.5 Å². The van der Waals surface area contributed by atoms with E-state index in [0.717, 1.165) is 18.0 Å². The molecule has 4 rings (SSSR count). The second kappa shape index (κ2) is 8.09. The van der Waals surface area contributed by atoms with Gasteiger partial charge in [-0.25, -0.2) is 0 Å². The van der Waals surface area contributed by atoms with Crippen LogP contribution in [-0.4, -0.2) is 61.2 Å². The van der Waals surface area contributed by atoms with Crippen LogP contribution in [0.4, 0.5) is 5.69 Å². The third-order valence-corrected chi connectivity index (χ3v) is 6.88. The van der Waals surface area contributed by atoms with Crippen LogP contribution in [0.25, 0.3) is 0 Å². The summed E-state index contributed by atoms with van der Waals surface area (Å²) in [5, 5.41) is 0. The lowest BCUT2D eigenvalue weighted by Gasteiger charge is -2.45. The summed E-state index contributed by atoms with van der Waals surface area (Å²) in [5.41, 5.74) is 1.39. The maximum atomic E-state index is 2.83. The first-order valence-corrected chi connectivity index (χ1v) is 10.6. The summed E-state index contributed by atoms with van der Waals surface area (Å²) < 4.78 is 0. The van der Waals surface area contributed by atoms with Gasteiger partial charge < -0.3 is 9.80 Å². The van der Waals surface area contributed by atoms with E-state index in [2.05, 4.69) is 52.0 Å². The molecular weight excluding hydrogens is 306 g/mol. The molecule has 0 aromatic heterocycles. The minimum atomic E-state index is 0.829. The fraction of sp³-hybridized carbons (Fsp3) is 0.727. The molecule has 2 aliphatic heterocycles. The highest BCUT2D eigenvalue weighted by Crippen LogP contribution is 2.30. The third-order valence-electron chi connectivity index (χ3n) is 6.88. The molecule has 0 amide bonds. The molecule has 0 bridgehead atoms. The smallest absolute Gasteiger partial charge is 0.0367 e. The standard InChI is InChI=1S/C22H35N3/c1-19-6-5-9-22(18-19)23-12-10-21(11-13-23)25-16-14-24(15-17-25)20-7-3-2-4-8-20/h2-4,7-8,19,21-22H,5-6,9-18H2,1H3. The average molecular weight is 342 g/mol. The summed E-state index contributed by atoms with van der Waals surface area (Å²) in [5.74, 6) is 0.947. The van der Waals surface area contributed by atoms with E-state index in [9.17, 15) is 0 Å². The van der Waals surface area contributed by atoms with Gasteiger partial charge in [-0.15, -0.1) is 0 Å². The summed E-state index contributed by atoms with van der Waals surface area (Å²) in [7, 11) is 0. The number of benzene rings is 1. The van der Waals surface area contributed by atoms with Crippen LogP contribution >= 0.6 is 0 Å². The van der Waals surface area contributed by atoms with Crippen LogP contribution in [0.1, 0.15) is 45.4 Å². The van der Waals surface area contributed by atoms with E-state index in [4.69, 9.17) is 0 Å². The van der Waals surface area contributed by atoms with Crippen LogP contribution in [0, 0.1) is 5.92 Å². The Morgan fingerprint density at radius 3 is 2.08 bits per heavy atom. The molecule has 2 saturated heterocycles. The molecule has 1 saturated carbocycles. The molecule has 1 aromatic rings. The first kappa shape index (κ1) is 17.4. The van der Waals surface area contributed by atoms with Crippen molar-refractivity contribution in [1.29, 1.82) is 0 Å². The molecule has 3 fully saturated rings. The second-order valence-electron chi connectivity index (χ2n) is 8.55. The highest BCUT2D eigenvalue weighted by atomic mass is 15.3. The zero-order chi connectivity index (χ0) is 17.1. The topological polar surface area (TPSA) is 9.72 Å². The van der Waals surface area contributed by atoms with Crippen LogP contribution in [0.5, 0.6) is 0 Å². The summed E-state index contributed by atoms with van der Waals surface area (Å²) in [6, 6.07) is 12.6. The Balaban J connectivity index is 1.24. The number of piperazine rings is 1. The van der Waals surface area contributed by atoms with Gasteiger partial charge in [-0.1, -0.05) is 38.0 Å². The Bertz CT molecular complexity index is 515. The van der Waals surface area contributed by atoms with Crippen molar-refractivity contribution in [2.24, 2.45) is 5.92 Å². The average Bonchev–Trinajstić information content (AvgIpc) is 2.69. The second-order valence-corrected chi connectivity index (χ2v) is 8.55. The highest BCUT2D eigenvalue weighted by Gasteiger charge is 2.31. The number of piperidine rings is 1. The molecule has 3 aliphatic rings. The number of hydrogen-bond donors (Lipinski definition) is 0. The largest absolute Gasteiger partial charge is 0.369 e. The summed E-state index contributed by atoms with van der Waals surface area (Å²) in [6.45, 7) is 9.96. The fourth-order valence-electron chi connectivity index (χ4n) is 5.33. The van der Waals surface area contributed by atoms with Crippen molar-refractivity contribution in [3.8, 4) is 0 Å². The molecule has 3 nitrogen and oxygen atoms in total. The van der Waals surface area contributed by atoms with E-state index >= 15 is 0 Å². The van der Waals surface area contributed by atoms with Crippen LogP contribution < -0.4 is 4.90 Å². The maximum absolute atomic E-state index is 2.83. The number of hydrogen-bond acceptors (Lipinski definition) is 3. The van der Waals surface area contributed by atoms with Gasteiger partial charge >= 0.3 is 0 Å². The van der Waals surface area contributed by atoms with Gasteiger partial charge in [0.15, 0.2) is 0 Å². The zero-order valence-electron chi connectivity index (χ0n) is 15.9. The molecule has 1 aliphatic carbocycles. The maximum Gasteiger partial charge on any atom is 0.0367 e. The van der Waals surface area contributed by atoms with E-state index < -0.39 is 0 Å². The molecule has 3 heteroatoms. The summed E-state index contributed by atoms with van der Waals surface area (Å²) >= 11 is 0. The molecule has 25 heavy (non-hydrogen) atoms. The first-order valence-electron chi connectivity index (χ1n) is 10.6. The quantitative estimate of drug-likeness (QED) is 0.827. The van der Waals surface area contributed by atoms with Gasteiger partial charge in [0, 0.05) is 44.0 Å². The SMILES string of the molecule is CC1CCCC(N2CCC(N3CCN(c4ccccc4)CC3)CC2)C1. The van der Waals surface area contributed by atoms with Gasteiger partial charge in [0.05, 0.1) is 0 Å². The van der Waals surface area contributed by atoms with E-state index in [-0.39, 0.29) is 0 Å². The summed E-state index contributed by atoms with van der Waals surface area (Å²) in [6.07, 6.45) is 8.57. The molecule has 0 N–H and O–H groups in total. The third kappa shape index (κ3) is 4.20. The predicted octanol–water partition coefficient (Wildman–Crippen LogP) is 3.85. The lowest BCUT2D eigenvalue weighted by Crippen LogP contribution is -2.54. The number of para-hydroxylation sites is 1. The van der Waals surface area contributed by atoms with Crippen LogP contribution in [-0.2, 0) is 0 Å². The van der Waals surface area contributed by atoms with Crippen LogP contribution in [0.3, 0.4) is 0 Å². The number of likely N-dealkylation sites (tertiary alicyclic amines) is 1. The number of anilines is 1. The van der Waals surface area contributed by atoms with Gasteiger partial charge in [-0.3, -0.25) is 4.90 Å². The van der Waals surface area contributed by atoms with E-state index in [1.807, 2.05) is 0 Å². The molecule has 2 heterocycles. The van der Waals surface area contributed by atoms with Crippen LogP contribution in [0.2, 0.25) is 0 Å². The Hall–Kier alpha value is -1.06. The van der Waals surface area contributed by atoms with Gasteiger partial charge in [0.1, 0.15) is 0 Å². The van der Waals surface area contributed by atoms with E-state index in [1.165, 1.54) is 83.5 Å². The molecular formula is C22H35N3. The number of rotatable bonds is 3. The number of nitrogens with zero attached hydrogens (tertiary/aromatic N) is 3. The monoisotopic (exact) mass is 341 g/mol. The molecule has 0 radical (unpaired) electrons. The van der Waals surface area contributed by atoms with Crippen molar-refractivity contribution >= 4 is 5.69 Å². The van der Waals surface area contributed by atoms with Crippen molar-refractivity contribution in [1.82, 2.24) is 9.80 Å². The van der Waals surface area contributed by atoms with Gasteiger partial charge in [0.25, 0.3) is 0 Å². The highest BCUT2D eigenvalue weighted by molar-refractivity contribution is 5.46. The normalized spacial score (nSPS) is 30.5. The first-order chi connectivity index (χ1) is 12.3. The van der Waals surface area contributed by atoms with Crippen molar-refractivity contribution in [3.05, 3.63) is 30.3 Å². The van der Waals surface area contributed by atoms with Crippen molar-refractivity contribution in [3.63, 3.8) is 0 Å². The molecule has 0 spiro atoms. The van der Waals surface area contributed by atoms with Gasteiger partial charge in [-0.2, -0.15) is 0 Å². The zero-order valence-corrected chi connectivity index (χ0v) is 15.9. The predicted molar refractivity (Wildman–Crippen MR) is 106 cm³/mol. The molecule has 138 valence electrons. The van der Waals surface area contributed by atoms with Crippen molar-refractivity contribution < 1.29 is 0 Å². The fourth-order valence-corrected chi connectivity index (χ4v) is 5.33. The summed E-state index contributed by atoms with van der Waals surface area (Å²) in [4.78, 5) is 8.15. The van der Waals surface area contributed by atoms with Gasteiger partial charge in [-0.05, 0) is 56.8 Å². The van der Waals surface area contributed by atoms with Gasteiger partial charge in [0.2, 0.25) is 0 Å². The molecule has 2 atom stereocenters. The minimum absolute atomic E-state index is 0.829. The Labute approximate surface area is 154 Å². The lowest BCUT2D eigenvalue weighted by atomic mass is 9.85. The van der Waals surface area contributed by atoms with Crippen LogP contribution in [0.15, 0.2) is 30.3 Å². The Morgan fingerprint density at radius 1 is 0.720 bits per heavy atom. The molecule has 1 aromatic carbocycles. The molecule has 2 unspecified atom stereocenters. The van der Waals surface area contributed by atoms with E-state index in [1.54, 1.807) is 0 Å². The Morgan fingerprint density at radius 2 is 1.40 bits per heavy atom. The van der Waals surface area contributed by atoms with Crippen molar-refractivity contribution in [2.75, 3.05) is 44.2 Å². The van der Waals surface area contributed by atoms with E-state index in [0.29, 0.717) is 0 Å². The minimum Gasteiger partial charge on any atom is -0.369 e.